The molecule has 1 atom stereocenters. The van der Waals surface area contributed by atoms with Crippen molar-refractivity contribution in [1.82, 2.24) is 0 Å². The minimum Gasteiger partial charge on any atom is -0.478 e. The predicted molar refractivity (Wildman–Crippen MR) is 242 cm³/mol. The number of nitrogens with zero attached hydrogens (tertiary/aromatic N) is 2. The van der Waals surface area contributed by atoms with Crippen molar-refractivity contribution in [3.05, 3.63) is 200 Å². The third-order valence-electron chi connectivity index (χ3n) is 9.96. The van der Waals surface area contributed by atoms with Crippen LogP contribution in [0.4, 0.5) is 5.69 Å². The zero-order valence-electron chi connectivity index (χ0n) is 37.4. The number of carbonyl (C=O) groups excluding carboxylic acids is 1. The van der Waals surface area contributed by atoms with E-state index >= 15 is 0 Å². The molecule has 0 bridgehead atoms. The Balaban J connectivity index is 0.000000371. The highest BCUT2D eigenvalue weighted by atomic mass is 16.6. The number of carbonyl (C=O) groups is 2. The molecule has 5 aromatic carbocycles. The van der Waals surface area contributed by atoms with E-state index in [1.54, 1.807) is 6.07 Å². The molecule has 5 N–H and O–H groups in total. The summed E-state index contributed by atoms with van der Waals surface area (Å²) < 4.78 is 8.18. The number of cyclic esters (lactones) is 1. The van der Waals surface area contributed by atoms with Crippen molar-refractivity contribution in [2.45, 2.75) is 33.3 Å². The number of aryl methyl sites for hydroxylation is 4. The van der Waals surface area contributed by atoms with Crippen LogP contribution in [0.5, 0.6) is 0 Å². The lowest BCUT2D eigenvalue weighted by Crippen LogP contribution is -2.29. The molecule has 0 spiro atoms. The van der Waals surface area contributed by atoms with Gasteiger partial charge in [-0.2, -0.15) is 0 Å². The lowest BCUT2D eigenvalue weighted by molar-refractivity contribution is -0.462. The maximum Gasteiger partial charge on any atom is 1.00 e. The number of hydrogen-bond donors (Lipinski definition) is 3. The number of anilines is 1. The second-order valence-electron chi connectivity index (χ2n) is 14.5. The molecule has 0 aromatic heterocycles. The number of nitrogens with two attached hydrogens (primary N) is 2. The maximum atomic E-state index is 12.8. The molecule has 0 saturated heterocycles. The first kappa shape index (κ1) is 44.4. The summed E-state index contributed by atoms with van der Waals surface area (Å²) >= 11 is 0. The molecule has 8 nitrogen and oxygen atoms in total. The van der Waals surface area contributed by atoms with Crippen LogP contribution in [0.1, 0.15) is 73.6 Å². The van der Waals surface area contributed by atoms with Crippen LogP contribution in [0.3, 0.4) is 0 Å². The molecule has 0 fully saturated rings. The van der Waals surface area contributed by atoms with Gasteiger partial charge in [0.05, 0.1) is 11.1 Å². The summed E-state index contributed by atoms with van der Waals surface area (Å²) in [7, 11) is 11.0. The molecule has 58 heavy (non-hydrogen) atoms. The number of rotatable bonds is 6. The lowest BCUT2D eigenvalue weighted by atomic mass is 9.79. The summed E-state index contributed by atoms with van der Waals surface area (Å²) in [4.78, 5) is 26.8. The molecule has 7 rings (SSSR count). The Morgan fingerprint density at radius 2 is 1.14 bits per heavy atom. The molecule has 1 aliphatic carbocycles. The zero-order valence-corrected chi connectivity index (χ0v) is 35.4. The average Bonchev–Trinajstić information content (AvgIpc) is 3.53. The monoisotopic (exact) mass is 779 g/mol. The van der Waals surface area contributed by atoms with Gasteiger partial charge in [-0.05, 0) is 100 Å². The Hall–Kier alpha value is -6.35. The van der Waals surface area contributed by atoms with Crippen LogP contribution in [0.2, 0.25) is 0 Å². The summed E-state index contributed by atoms with van der Waals surface area (Å²) in [6.45, 7) is 8.00. The standard InChI is InChI=1S/2C24H23NO2.2CH5N/c1-16-5-8-18(9-6-16)24(19-10-12-20(13-11-19)25(3)4)22-14-7-17(2)15-21(22)23(26)27-24;1-16-5-8-18(9-6-16)23(19-10-12-20(13-11-19)25(3)4)21-14-7-17(2)15-22(21)24(26)27;2*1-2/h2*5-15H,1-4H3;2*2H2,1H3/p+3. The van der Waals surface area contributed by atoms with Gasteiger partial charge in [-0.1, -0.05) is 107 Å². The number of esters is 1. The van der Waals surface area contributed by atoms with E-state index in [0.717, 1.165) is 61.5 Å². The second kappa shape index (κ2) is 19.7. The van der Waals surface area contributed by atoms with E-state index in [4.69, 9.17) is 4.74 Å². The molecular formula is C50H59N4O4+3. The highest BCUT2D eigenvalue weighted by molar-refractivity contribution is 6.05. The summed E-state index contributed by atoms with van der Waals surface area (Å²) in [5.41, 5.74) is 22.1. The number of carboxylic acid groups (broad SMARTS) is 1. The summed E-state index contributed by atoms with van der Waals surface area (Å²) in [5.74, 6) is -1.19. The van der Waals surface area contributed by atoms with Crippen LogP contribution in [-0.2, 0) is 10.3 Å². The fourth-order valence-corrected chi connectivity index (χ4v) is 6.94. The molecular weight excluding hydrogens is 721 g/mol. The fraction of sp³-hybridized carbons (Fsp3) is 0.220. The van der Waals surface area contributed by atoms with E-state index in [9.17, 15) is 14.7 Å². The van der Waals surface area contributed by atoms with Crippen molar-refractivity contribution in [2.75, 3.05) is 47.2 Å². The molecule has 1 heterocycles. The van der Waals surface area contributed by atoms with E-state index < -0.39 is 11.6 Å². The number of fused-ring (bicyclic) bond motifs is 1. The van der Waals surface area contributed by atoms with Crippen molar-refractivity contribution < 1.29 is 26.9 Å². The lowest BCUT2D eigenvalue weighted by Gasteiger charge is -2.31. The van der Waals surface area contributed by atoms with Crippen molar-refractivity contribution >= 4 is 28.9 Å². The Kier molecular flexibility index (Phi) is 15.1. The van der Waals surface area contributed by atoms with E-state index in [0.29, 0.717) is 11.1 Å². The van der Waals surface area contributed by atoms with Crippen LogP contribution in [0.15, 0.2) is 139 Å². The van der Waals surface area contributed by atoms with Gasteiger partial charge in [0.1, 0.15) is 14.1 Å². The van der Waals surface area contributed by atoms with Gasteiger partial charge in [0.25, 0.3) is 0 Å². The normalized spacial score (nSPS) is 14.7. The third kappa shape index (κ3) is 9.60. The highest BCUT2D eigenvalue weighted by Crippen LogP contribution is 2.47. The summed E-state index contributed by atoms with van der Waals surface area (Å²) in [5, 5.41) is 9.77. The zero-order chi connectivity index (χ0) is 42.7. The molecule has 5 aromatic rings. The molecule has 1 aliphatic heterocycles. The molecule has 0 radical (unpaired) electrons. The third-order valence-corrected chi connectivity index (χ3v) is 9.96. The van der Waals surface area contributed by atoms with E-state index in [-0.39, 0.29) is 8.82 Å². The van der Waals surface area contributed by atoms with Gasteiger partial charge in [-0.3, -0.25) is 0 Å². The predicted octanol–water partition coefficient (Wildman–Crippen LogP) is 8.85. The maximum absolute atomic E-state index is 12.8. The number of aromatic carboxylic acids is 1. The van der Waals surface area contributed by atoms with Crippen LogP contribution in [-0.4, -0.2) is 69.6 Å². The first-order chi connectivity index (χ1) is 27.8. The largest absolute Gasteiger partial charge is 1.00 e. The quantitative estimate of drug-likeness (QED) is 0.116. The number of benzene rings is 5. The van der Waals surface area contributed by atoms with E-state index in [1.165, 1.54) is 25.2 Å². The summed E-state index contributed by atoms with van der Waals surface area (Å²) in [6, 6.07) is 36.3. The van der Waals surface area contributed by atoms with Gasteiger partial charge in [0.15, 0.2) is 11.3 Å². The van der Waals surface area contributed by atoms with Gasteiger partial charge < -0.3 is 26.2 Å². The Labute approximate surface area is 347 Å². The van der Waals surface area contributed by atoms with Gasteiger partial charge in [-0.15, -0.1) is 0 Å². The number of hydrogen-bond acceptors (Lipinski definition) is 6. The first-order valence-electron chi connectivity index (χ1n) is 19.2. The molecule has 1 unspecified atom stereocenters. The first-order valence-corrected chi connectivity index (χ1v) is 19.2. The average molecular weight is 780 g/mol. The summed E-state index contributed by atoms with van der Waals surface area (Å²) in [6.07, 6.45) is 8.21. The Morgan fingerprint density at radius 1 is 0.655 bits per heavy atom. The highest BCUT2D eigenvalue weighted by Gasteiger charge is 2.48. The molecule has 300 valence electrons. The van der Waals surface area contributed by atoms with Crippen LogP contribution in [0.25, 0.3) is 5.57 Å². The van der Waals surface area contributed by atoms with Crippen molar-refractivity contribution in [1.29, 1.82) is 0 Å². The van der Waals surface area contributed by atoms with Gasteiger partial charge in [-0.25, -0.2) is 14.2 Å². The van der Waals surface area contributed by atoms with Crippen LogP contribution < -0.4 is 16.4 Å². The van der Waals surface area contributed by atoms with E-state index in [1.807, 2.05) is 83.9 Å². The van der Waals surface area contributed by atoms with E-state index in [2.05, 4.69) is 120 Å². The van der Waals surface area contributed by atoms with Gasteiger partial charge >= 0.3 is 14.8 Å². The fourth-order valence-electron chi connectivity index (χ4n) is 6.94. The van der Waals surface area contributed by atoms with Crippen LogP contribution >= 0.6 is 0 Å². The second-order valence-corrected chi connectivity index (χ2v) is 14.5. The number of ether oxygens (including phenoxy) is 1. The molecule has 8 heteroatoms. The minimum absolute atomic E-state index is 0. The van der Waals surface area contributed by atoms with Crippen LogP contribution in [0, 0.1) is 27.7 Å². The van der Waals surface area contributed by atoms with Crippen molar-refractivity contribution in [2.24, 2.45) is 11.5 Å². The smallest absolute Gasteiger partial charge is 0.478 e. The van der Waals surface area contributed by atoms with Crippen molar-refractivity contribution in [3.63, 3.8) is 0 Å². The number of carboxylic acids is 1. The van der Waals surface area contributed by atoms with Gasteiger partial charge in [0, 0.05) is 48.6 Å². The SMILES string of the molecule is CN.CN.Cc1ccc(C(=C2C=CC(=[N+](C)C)C=C2)c2ccc(C)cc2C(=O)O)cc1.Cc1ccc(C2(c3ccc(N(C)C)cc3)OC(=O)c3cc(C)ccc32)cc1.[H+].[H+]. The Bertz CT molecular complexity index is 2360. The molecule has 0 amide bonds. The molecule has 0 saturated carbocycles. The minimum atomic E-state index is -0.918. The van der Waals surface area contributed by atoms with Gasteiger partial charge in [0.2, 0.25) is 0 Å². The molecule has 2 aliphatic rings. The Morgan fingerprint density at radius 3 is 1.66 bits per heavy atom. The number of allylic oxidation sites excluding steroid dienone is 5. The topological polar surface area (TPSA) is 122 Å². The van der Waals surface area contributed by atoms with Crippen molar-refractivity contribution in [3.8, 4) is 0 Å².